The first-order valence-corrected chi connectivity index (χ1v) is 3.87. The van der Waals surface area contributed by atoms with Crippen molar-refractivity contribution in [2.24, 2.45) is 0 Å². The Hall–Kier alpha value is -0.590. The number of nitrogens with zero attached hydrogens (tertiary/aromatic N) is 1. The number of hydrogen-bond acceptors (Lipinski definition) is 1. The Bertz CT molecular complexity index is 332. The lowest BCUT2D eigenvalue weighted by molar-refractivity contribution is 0.617. The predicted octanol–water partition coefficient (Wildman–Crippen LogP) is 3.11. The lowest BCUT2D eigenvalue weighted by Crippen LogP contribution is -1.85. The van der Waals surface area contributed by atoms with Crippen LogP contribution in [0.1, 0.15) is 5.56 Å². The van der Waals surface area contributed by atoms with E-state index in [9.17, 15) is 4.39 Å². The average Bonchev–Trinajstić information content (AvgIpc) is 1.99. The molecule has 0 aliphatic rings. The zero-order valence-corrected chi connectivity index (χ0v) is 7.58. The second kappa shape index (κ2) is 3.21. The fraction of sp³-hybridized carbons (Fsp3) is 0. The third-order valence-corrected chi connectivity index (χ3v) is 2.08. The summed E-state index contributed by atoms with van der Waals surface area (Å²) in [6.45, 7) is 0. The van der Waals surface area contributed by atoms with Gasteiger partial charge in [-0.1, -0.05) is 11.6 Å². The minimum Gasteiger partial charge on any atom is -0.204 e. The second-order valence-electron chi connectivity index (χ2n) is 1.83. The van der Waals surface area contributed by atoms with Gasteiger partial charge in [-0.15, -0.1) is 0 Å². The molecule has 1 aromatic carbocycles. The summed E-state index contributed by atoms with van der Waals surface area (Å²) in [7, 11) is 0. The van der Waals surface area contributed by atoms with Crippen LogP contribution in [0, 0.1) is 17.1 Å². The van der Waals surface area contributed by atoms with Crippen molar-refractivity contribution in [2.45, 2.75) is 0 Å². The highest BCUT2D eigenvalue weighted by atomic mass is 79.9. The van der Waals surface area contributed by atoms with E-state index in [1.807, 2.05) is 0 Å². The maximum atomic E-state index is 12.9. The van der Waals surface area contributed by atoms with Gasteiger partial charge in [-0.25, -0.2) is 4.39 Å². The molecule has 0 bridgehead atoms. The smallest absolute Gasteiger partial charge is 0.156 e. The van der Waals surface area contributed by atoms with Gasteiger partial charge in [-0.05, 0) is 28.1 Å². The monoisotopic (exact) mass is 233 g/mol. The van der Waals surface area contributed by atoms with E-state index in [2.05, 4.69) is 15.9 Å². The zero-order chi connectivity index (χ0) is 8.43. The first-order chi connectivity index (χ1) is 5.16. The molecule has 0 spiro atoms. The van der Waals surface area contributed by atoms with Gasteiger partial charge >= 0.3 is 0 Å². The van der Waals surface area contributed by atoms with Crippen LogP contribution in [0.3, 0.4) is 0 Å². The van der Waals surface area contributed by atoms with Gasteiger partial charge in [0.05, 0.1) is 9.50 Å². The molecule has 0 fully saturated rings. The van der Waals surface area contributed by atoms with Gasteiger partial charge in [0.2, 0.25) is 0 Å². The number of benzene rings is 1. The van der Waals surface area contributed by atoms with Crippen molar-refractivity contribution >= 4 is 27.5 Å². The Morgan fingerprint density at radius 1 is 1.55 bits per heavy atom. The molecule has 0 saturated heterocycles. The van der Waals surface area contributed by atoms with E-state index in [1.54, 1.807) is 6.07 Å². The Morgan fingerprint density at radius 2 is 2.18 bits per heavy atom. The van der Waals surface area contributed by atoms with Crippen molar-refractivity contribution in [3.05, 3.63) is 33.0 Å². The molecule has 56 valence electrons. The molecule has 0 aliphatic heterocycles. The zero-order valence-electron chi connectivity index (χ0n) is 5.24. The van der Waals surface area contributed by atoms with E-state index in [0.717, 1.165) is 0 Å². The van der Waals surface area contributed by atoms with Crippen LogP contribution < -0.4 is 0 Å². The van der Waals surface area contributed by atoms with Crippen molar-refractivity contribution in [3.63, 3.8) is 0 Å². The van der Waals surface area contributed by atoms with Gasteiger partial charge in [0, 0.05) is 0 Å². The van der Waals surface area contributed by atoms with Crippen molar-refractivity contribution in [2.75, 3.05) is 0 Å². The molecule has 0 N–H and O–H groups in total. The quantitative estimate of drug-likeness (QED) is 0.633. The van der Waals surface area contributed by atoms with Gasteiger partial charge in [0.1, 0.15) is 11.6 Å². The molecule has 0 unspecified atom stereocenters. The Labute approximate surface area is 76.5 Å². The van der Waals surface area contributed by atoms with Crippen molar-refractivity contribution in [1.29, 1.82) is 5.26 Å². The van der Waals surface area contributed by atoms with Crippen molar-refractivity contribution < 1.29 is 4.39 Å². The number of halogens is 3. The fourth-order valence-electron chi connectivity index (χ4n) is 0.630. The van der Waals surface area contributed by atoms with Crippen molar-refractivity contribution in [1.82, 2.24) is 0 Å². The van der Waals surface area contributed by atoms with Crippen LogP contribution in [0.4, 0.5) is 4.39 Å². The summed E-state index contributed by atoms with van der Waals surface area (Å²) in [6, 6.07) is 4.59. The molecular formula is C7H2BrClFN. The summed E-state index contributed by atoms with van der Waals surface area (Å²) in [4.78, 5) is 0. The maximum absolute atomic E-state index is 12.9. The van der Waals surface area contributed by atoms with E-state index in [0.29, 0.717) is 0 Å². The van der Waals surface area contributed by atoms with Crippen LogP contribution in [0.25, 0.3) is 0 Å². The second-order valence-corrected chi connectivity index (χ2v) is 3.09. The molecule has 0 radical (unpaired) electrons. The summed E-state index contributed by atoms with van der Waals surface area (Å²) in [6.07, 6.45) is 0. The van der Waals surface area contributed by atoms with Gasteiger partial charge in [-0.2, -0.15) is 5.26 Å². The highest BCUT2D eigenvalue weighted by Gasteiger charge is 2.09. The van der Waals surface area contributed by atoms with Gasteiger partial charge < -0.3 is 0 Å². The topological polar surface area (TPSA) is 23.8 Å². The van der Waals surface area contributed by atoms with Gasteiger partial charge in [-0.3, -0.25) is 0 Å². The van der Waals surface area contributed by atoms with Crippen LogP contribution in [-0.2, 0) is 0 Å². The lowest BCUT2D eigenvalue weighted by atomic mass is 10.2. The van der Waals surface area contributed by atoms with E-state index < -0.39 is 5.82 Å². The molecule has 0 atom stereocenters. The molecular weight excluding hydrogens is 232 g/mol. The Morgan fingerprint density at radius 3 is 2.64 bits per heavy atom. The highest BCUT2D eigenvalue weighted by Crippen LogP contribution is 2.24. The first-order valence-electron chi connectivity index (χ1n) is 2.70. The molecule has 1 nitrogen and oxygen atoms in total. The maximum Gasteiger partial charge on any atom is 0.156 e. The van der Waals surface area contributed by atoms with Crippen LogP contribution in [0.2, 0.25) is 5.02 Å². The molecule has 0 amide bonds. The molecule has 0 aromatic heterocycles. The van der Waals surface area contributed by atoms with Crippen LogP contribution in [0.5, 0.6) is 0 Å². The minimum atomic E-state index is -0.611. The normalized spacial score (nSPS) is 9.27. The number of nitriles is 1. The van der Waals surface area contributed by atoms with E-state index in [4.69, 9.17) is 16.9 Å². The van der Waals surface area contributed by atoms with E-state index in [1.165, 1.54) is 12.1 Å². The Balaban J connectivity index is 3.44. The molecule has 0 saturated carbocycles. The molecule has 1 aromatic rings. The van der Waals surface area contributed by atoms with Gasteiger partial charge in [0.25, 0.3) is 0 Å². The van der Waals surface area contributed by atoms with Crippen LogP contribution >= 0.6 is 27.5 Å². The molecule has 0 aliphatic carbocycles. The summed E-state index contributed by atoms with van der Waals surface area (Å²) in [5.74, 6) is -0.611. The summed E-state index contributed by atoms with van der Waals surface area (Å²) in [5.41, 5.74) is -0.124. The van der Waals surface area contributed by atoms with Gasteiger partial charge in [0.15, 0.2) is 5.82 Å². The molecule has 11 heavy (non-hydrogen) atoms. The lowest BCUT2D eigenvalue weighted by Gasteiger charge is -1.97. The molecule has 1 rings (SSSR count). The summed E-state index contributed by atoms with van der Waals surface area (Å²) in [5, 5.41) is 8.56. The summed E-state index contributed by atoms with van der Waals surface area (Å²) < 4.78 is 13.2. The largest absolute Gasteiger partial charge is 0.204 e. The molecule has 0 heterocycles. The highest BCUT2D eigenvalue weighted by molar-refractivity contribution is 9.10. The van der Waals surface area contributed by atoms with Crippen molar-refractivity contribution in [3.8, 4) is 6.07 Å². The molecule has 4 heteroatoms. The SMILES string of the molecule is N#Cc1c(Cl)ccc(Br)c1F. The minimum absolute atomic E-state index is 0.124. The van der Waals surface area contributed by atoms with E-state index in [-0.39, 0.29) is 15.1 Å². The third-order valence-electron chi connectivity index (χ3n) is 1.16. The Kier molecular flexibility index (Phi) is 2.48. The third kappa shape index (κ3) is 1.52. The number of hydrogen-bond donors (Lipinski definition) is 0. The predicted molar refractivity (Wildman–Crippen MR) is 43.8 cm³/mol. The van der Waals surface area contributed by atoms with Crippen LogP contribution in [-0.4, -0.2) is 0 Å². The average molecular weight is 234 g/mol. The first kappa shape index (κ1) is 8.51. The summed E-state index contributed by atoms with van der Waals surface area (Å²) >= 11 is 8.45. The van der Waals surface area contributed by atoms with Crippen LogP contribution in [0.15, 0.2) is 16.6 Å². The fourth-order valence-corrected chi connectivity index (χ4v) is 1.15. The standard InChI is InChI=1S/C7H2BrClFN/c8-5-1-2-6(9)4(3-11)7(5)10/h1-2H. The number of rotatable bonds is 0. The van der Waals surface area contributed by atoms with E-state index >= 15 is 0 Å².